The molecule has 2 N–H and O–H groups in total. The van der Waals surface area contributed by atoms with Crippen LogP contribution in [0.3, 0.4) is 0 Å². The van der Waals surface area contributed by atoms with E-state index in [-0.39, 0.29) is 29.9 Å². The molecule has 6 heteroatoms. The minimum absolute atomic E-state index is 0. The van der Waals surface area contributed by atoms with Gasteiger partial charge in [-0.25, -0.2) is 4.99 Å². The molecule has 1 aromatic rings. The maximum Gasteiger partial charge on any atom is 0.222 e. The summed E-state index contributed by atoms with van der Waals surface area (Å²) in [6.45, 7) is 14.2. The topological polar surface area (TPSA) is 56.7 Å². The fourth-order valence-corrected chi connectivity index (χ4v) is 3.29. The second-order valence-corrected chi connectivity index (χ2v) is 9.08. The monoisotopic (exact) mass is 514 g/mol. The molecule has 1 atom stereocenters. The fourth-order valence-electron chi connectivity index (χ4n) is 3.29. The molecule has 0 radical (unpaired) electrons. The van der Waals surface area contributed by atoms with E-state index in [1.54, 1.807) is 0 Å². The van der Waals surface area contributed by atoms with Crippen LogP contribution in [0.2, 0.25) is 0 Å². The molecule has 1 aliphatic heterocycles. The second-order valence-electron chi connectivity index (χ2n) is 9.08. The fraction of sp³-hybridized carbons (Fsp3) is 0.652. The van der Waals surface area contributed by atoms with Crippen LogP contribution in [0.25, 0.3) is 0 Å². The first-order valence-corrected chi connectivity index (χ1v) is 10.7. The summed E-state index contributed by atoms with van der Waals surface area (Å²) in [7, 11) is 0. The van der Waals surface area contributed by atoms with Crippen molar-refractivity contribution in [2.24, 2.45) is 10.4 Å². The van der Waals surface area contributed by atoms with Crippen LogP contribution in [-0.2, 0) is 17.9 Å². The molecule has 1 heterocycles. The molecule has 164 valence electrons. The molecule has 1 aliphatic rings. The highest BCUT2D eigenvalue weighted by molar-refractivity contribution is 14.0. The van der Waals surface area contributed by atoms with E-state index in [1.165, 1.54) is 17.5 Å². The smallest absolute Gasteiger partial charge is 0.222 e. The van der Waals surface area contributed by atoms with Gasteiger partial charge in [0.15, 0.2) is 5.96 Å². The number of carbonyl (C=O) groups excluding carboxylic acids is 1. The number of halogens is 1. The van der Waals surface area contributed by atoms with Crippen LogP contribution < -0.4 is 10.6 Å². The lowest BCUT2D eigenvalue weighted by Gasteiger charge is -2.23. The third kappa shape index (κ3) is 9.83. The van der Waals surface area contributed by atoms with Gasteiger partial charge in [0.05, 0.1) is 6.54 Å². The number of nitrogens with zero attached hydrogens (tertiary/aromatic N) is 2. The number of nitrogens with one attached hydrogen (secondary N) is 2. The van der Waals surface area contributed by atoms with E-state index < -0.39 is 0 Å². The second kappa shape index (κ2) is 12.4. The van der Waals surface area contributed by atoms with E-state index >= 15 is 0 Å². The van der Waals surface area contributed by atoms with E-state index in [4.69, 9.17) is 4.99 Å². The number of hydrogen-bond acceptors (Lipinski definition) is 2. The minimum atomic E-state index is 0. The van der Waals surface area contributed by atoms with E-state index in [1.807, 2.05) is 4.90 Å². The van der Waals surface area contributed by atoms with Gasteiger partial charge in [-0.15, -0.1) is 24.0 Å². The quantitative estimate of drug-likeness (QED) is 0.301. The maximum atomic E-state index is 11.8. The van der Waals surface area contributed by atoms with Gasteiger partial charge in [0.1, 0.15) is 0 Å². The van der Waals surface area contributed by atoms with Crippen LogP contribution in [0, 0.1) is 5.41 Å². The largest absolute Gasteiger partial charge is 0.357 e. The first-order valence-electron chi connectivity index (χ1n) is 10.7. The zero-order valence-electron chi connectivity index (χ0n) is 18.8. The molecule has 1 saturated heterocycles. The van der Waals surface area contributed by atoms with E-state index in [0.29, 0.717) is 24.4 Å². The van der Waals surface area contributed by atoms with Gasteiger partial charge in [-0.05, 0) is 49.7 Å². The average molecular weight is 514 g/mol. The lowest BCUT2D eigenvalue weighted by atomic mass is 9.89. The van der Waals surface area contributed by atoms with Gasteiger partial charge in [-0.1, -0.05) is 45.0 Å². The van der Waals surface area contributed by atoms with Crippen molar-refractivity contribution in [2.45, 2.75) is 79.4 Å². The summed E-state index contributed by atoms with van der Waals surface area (Å²) in [4.78, 5) is 18.5. The van der Waals surface area contributed by atoms with Crippen LogP contribution >= 0.6 is 24.0 Å². The summed E-state index contributed by atoms with van der Waals surface area (Å²) in [5, 5.41) is 6.86. The first-order chi connectivity index (χ1) is 13.3. The van der Waals surface area contributed by atoms with E-state index in [2.05, 4.69) is 69.5 Å². The third-order valence-electron chi connectivity index (χ3n) is 5.04. The van der Waals surface area contributed by atoms with Crippen LogP contribution in [0.5, 0.6) is 0 Å². The highest BCUT2D eigenvalue weighted by Gasteiger charge is 2.19. The Morgan fingerprint density at radius 2 is 1.86 bits per heavy atom. The zero-order valence-corrected chi connectivity index (χ0v) is 21.1. The van der Waals surface area contributed by atoms with Crippen molar-refractivity contribution in [3.63, 3.8) is 0 Å². The normalized spacial score (nSPS) is 15.8. The average Bonchev–Trinajstić information content (AvgIpc) is 3.03. The number of amides is 1. The Kier molecular flexibility index (Phi) is 11.0. The summed E-state index contributed by atoms with van der Waals surface area (Å²) < 4.78 is 0. The molecule has 0 saturated carbocycles. The Balaban J connectivity index is 0.00000420. The lowest BCUT2D eigenvalue weighted by molar-refractivity contribution is -0.128. The third-order valence-corrected chi connectivity index (χ3v) is 5.04. The van der Waals surface area contributed by atoms with Crippen molar-refractivity contribution in [3.05, 3.63) is 35.4 Å². The number of likely N-dealkylation sites (tertiary alicyclic amines) is 1. The van der Waals surface area contributed by atoms with Crippen molar-refractivity contribution < 1.29 is 4.79 Å². The Bertz CT molecular complexity index is 652. The molecule has 0 aliphatic carbocycles. The molecular weight excluding hydrogens is 475 g/mol. The minimum Gasteiger partial charge on any atom is -0.357 e. The standard InChI is InChI=1S/C23H38N4O.HI/c1-6-24-22(26-18(2)13-14-23(3,4)5)25-16-19-9-11-20(12-10-19)17-27-15-7-8-21(27)28;/h9-12,18H,6-8,13-17H2,1-5H3,(H2,24,25,26);1H. The number of rotatable bonds is 8. The Morgan fingerprint density at radius 1 is 1.21 bits per heavy atom. The molecule has 1 unspecified atom stereocenters. The van der Waals surface area contributed by atoms with Gasteiger partial charge in [-0.2, -0.15) is 0 Å². The summed E-state index contributed by atoms with van der Waals surface area (Å²) in [6, 6.07) is 8.85. The summed E-state index contributed by atoms with van der Waals surface area (Å²) in [6.07, 6.45) is 3.99. The summed E-state index contributed by atoms with van der Waals surface area (Å²) in [5.41, 5.74) is 2.72. The predicted octanol–water partition coefficient (Wildman–Crippen LogP) is 4.70. The van der Waals surface area contributed by atoms with Crippen LogP contribution in [-0.4, -0.2) is 35.9 Å². The molecule has 29 heavy (non-hydrogen) atoms. The van der Waals surface area contributed by atoms with E-state index in [0.717, 1.165) is 38.4 Å². The summed E-state index contributed by atoms with van der Waals surface area (Å²) in [5.74, 6) is 1.14. The highest BCUT2D eigenvalue weighted by atomic mass is 127. The molecule has 1 fully saturated rings. The molecule has 0 aromatic heterocycles. The molecule has 5 nitrogen and oxygen atoms in total. The Morgan fingerprint density at radius 3 is 2.41 bits per heavy atom. The van der Waals surface area contributed by atoms with Crippen LogP contribution in [0.4, 0.5) is 0 Å². The van der Waals surface area contributed by atoms with Crippen molar-refractivity contribution in [3.8, 4) is 0 Å². The number of guanidine groups is 1. The number of hydrogen-bond donors (Lipinski definition) is 2. The lowest BCUT2D eigenvalue weighted by Crippen LogP contribution is -2.42. The zero-order chi connectivity index (χ0) is 20.6. The van der Waals surface area contributed by atoms with Crippen molar-refractivity contribution in [2.75, 3.05) is 13.1 Å². The van der Waals surface area contributed by atoms with Gasteiger partial charge >= 0.3 is 0 Å². The van der Waals surface area contributed by atoms with Crippen molar-refractivity contribution in [1.82, 2.24) is 15.5 Å². The maximum absolute atomic E-state index is 11.8. The van der Waals surface area contributed by atoms with Crippen molar-refractivity contribution >= 4 is 35.8 Å². The van der Waals surface area contributed by atoms with Gasteiger partial charge in [0, 0.05) is 32.1 Å². The number of carbonyl (C=O) groups is 1. The predicted molar refractivity (Wildman–Crippen MR) is 133 cm³/mol. The molecule has 0 spiro atoms. The van der Waals surface area contributed by atoms with Gasteiger partial charge in [-0.3, -0.25) is 4.79 Å². The van der Waals surface area contributed by atoms with Crippen LogP contribution in [0.1, 0.15) is 71.4 Å². The molecule has 2 rings (SSSR count). The Hall–Kier alpha value is -1.31. The first kappa shape index (κ1) is 25.7. The number of benzene rings is 1. The van der Waals surface area contributed by atoms with Crippen molar-refractivity contribution in [1.29, 1.82) is 0 Å². The van der Waals surface area contributed by atoms with Gasteiger partial charge in [0.2, 0.25) is 5.91 Å². The molecule has 0 bridgehead atoms. The highest BCUT2D eigenvalue weighted by Crippen LogP contribution is 2.21. The van der Waals surface area contributed by atoms with Crippen LogP contribution in [0.15, 0.2) is 29.3 Å². The Labute approximate surface area is 194 Å². The SMILES string of the molecule is CCNC(=NCc1ccc(CN2CCCC2=O)cc1)NC(C)CCC(C)(C)C.I. The summed E-state index contributed by atoms with van der Waals surface area (Å²) >= 11 is 0. The molecule has 1 amide bonds. The van der Waals surface area contributed by atoms with Gasteiger partial charge in [0.25, 0.3) is 0 Å². The molecular formula is C23H39IN4O. The molecule has 1 aromatic carbocycles. The van der Waals surface area contributed by atoms with E-state index in [9.17, 15) is 4.79 Å². The number of aliphatic imine (C=N–C) groups is 1. The van der Waals surface area contributed by atoms with Gasteiger partial charge < -0.3 is 15.5 Å².